The van der Waals surface area contributed by atoms with Gasteiger partial charge in [0.2, 0.25) is 0 Å². The number of hydrogen-bond donors (Lipinski definition) is 1. The predicted octanol–water partition coefficient (Wildman–Crippen LogP) is 3.90. The van der Waals surface area contributed by atoms with Crippen molar-refractivity contribution in [3.8, 4) is 5.69 Å². The molecule has 0 saturated heterocycles. The molecule has 0 saturated carbocycles. The van der Waals surface area contributed by atoms with Crippen LogP contribution in [0.1, 0.15) is 32.9 Å². The lowest BCUT2D eigenvalue weighted by molar-refractivity contribution is -0.119. The molecule has 0 aliphatic heterocycles. The zero-order valence-corrected chi connectivity index (χ0v) is 16.4. The van der Waals surface area contributed by atoms with Crippen LogP contribution in [0.5, 0.6) is 0 Å². The monoisotopic (exact) mass is 377 g/mol. The van der Waals surface area contributed by atoms with Gasteiger partial charge in [-0.2, -0.15) is 5.10 Å². The van der Waals surface area contributed by atoms with Gasteiger partial charge in [0.05, 0.1) is 16.9 Å². The highest BCUT2D eigenvalue weighted by molar-refractivity contribution is 5.96. The molecule has 2 aromatic carbocycles. The second kappa shape index (κ2) is 8.08. The molecule has 3 aromatic rings. The van der Waals surface area contributed by atoms with Crippen LogP contribution < -0.4 is 5.32 Å². The highest BCUT2D eigenvalue weighted by atomic mass is 16.5. The Kier molecular flexibility index (Phi) is 5.59. The minimum atomic E-state index is -0.545. The number of aromatic nitrogens is 2. The first-order valence-electron chi connectivity index (χ1n) is 9.01. The number of anilines is 1. The molecule has 6 nitrogen and oxygen atoms in total. The van der Waals surface area contributed by atoms with Gasteiger partial charge in [-0.15, -0.1) is 0 Å². The second-order valence-electron chi connectivity index (χ2n) is 6.83. The smallest absolute Gasteiger partial charge is 0.338 e. The SMILES string of the molecule is Cc1ccc(C)c(NC(=O)COC(=O)c2ccc(-n3nc(C)cc3C)cc2)c1. The first kappa shape index (κ1) is 19.4. The summed E-state index contributed by atoms with van der Waals surface area (Å²) in [6, 6.07) is 14.7. The van der Waals surface area contributed by atoms with E-state index in [1.54, 1.807) is 24.3 Å². The molecule has 28 heavy (non-hydrogen) atoms. The summed E-state index contributed by atoms with van der Waals surface area (Å²) >= 11 is 0. The third-order valence-electron chi connectivity index (χ3n) is 4.36. The van der Waals surface area contributed by atoms with Crippen molar-refractivity contribution >= 4 is 17.6 Å². The standard InChI is InChI=1S/C22H23N3O3/c1-14-5-6-15(2)20(11-14)23-21(26)13-28-22(27)18-7-9-19(10-8-18)25-17(4)12-16(3)24-25/h5-12H,13H2,1-4H3,(H,23,26). The molecule has 0 aliphatic carbocycles. The summed E-state index contributed by atoms with van der Waals surface area (Å²) in [5.41, 5.74) is 5.88. The highest BCUT2D eigenvalue weighted by Gasteiger charge is 2.12. The molecule has 1 amide bonds. The van der Waals surface area contributed by atoms with Crippen molar-refractivity contribution in [1.29, 1.82) is 0 Å². The number of nitrogens with zero attached hydrogens (tertiary/aromatic N) is 2. The fraction of sp³-hybridized carbons (Fsp3) is 0.227. The quantitative estimate of drug-likeness (QED) is 0.685. The summed E-state index contributed by atoms with van der Waals surface area (Å²) in [5.74, 6) is -0.919. The zero-order chi connectivity index (χ0) is 20.3. The van der Waals surface area contributed by atoms with E-state index in [4.69, 9.17) is 4.74 Å². The third kappa shape index (κ3) is 4.46. The Bertz CT molecular complexity index is 1020. The van der Waals surface area contributed by atoms with Crippen molar-refractivity contribution in [2.45, 2.75) is 27.7 Å². The molecule has 144 valence electrons. The molecule has 3 rings (SSSR count). The van der Waals surface area contributed by atoms with E-state index in [-0.39, 0.29) is 12.5 Å². The van der Waals surface area contributed by atoms with Gasteiger partial charge in [0.25, 0.3) is 5.91 Å². The Morgan fingerprint density at radius 3 is 2.36 bits per heavy atom. The summed E-state index contributed by atoms with van der Waals surface area (Å²) in [6.45, 7) is 7.41. The van der Waals surface area contributed by atoms with Gasteiger partial charge in [-0.25, -0.2) is 9.48 Å². The Hall–Kier alpha value is -3.41. The Labute approximate surface area is 164 Å². The van der Waals surface area contributed by atoms with Crippen LogP contribution in [0.4, 0.5) is 5.69 Å². The molecule has 0 unspecified atom stereocenters. The summed E-state index contributed by atoms with van der Waals surface area (Å²) in [5, 5.41) is 7.18. The number of aryl methyl sites for hydroxylation is 4. The van der Waals surface area contributed by atoms with Crippen molar-refractivity contribution in [1.82, 2.24) is 9.78 Å². The number of ether oxygens (including phenoxy) is 1. The summed E-state index contributed by atoms with van der Waals surface area (Å²) in [4.78, 5) is 24.3. The fourth-order valence-electron chi connectivity index (χ4n) is 2.90. The molecule has 1 heterocycles. The van der Waals surface area contributed by atoms with E-state index < -0.39 is 5.97 Å². The van der Waals surface area contributed by atoms with E-state index in [0.29, 0.717) is 5.56 Å². The Balaban J connectivity index is 1.59. The van der Waals surface area contributed by atoms with E-state index in [1.165, 1.54) is 0 Å². The summed E-state index contributed by atoms with van der Waals surface area (Å²) in [6.07, 6.45) is 0. The lowest BCUT2D eigenvalue weighted by Gasteiger charge is -2.10. The number of carbonyl (C=O) groups is 2. The Morgan fingerprint density at radius 2 is 1.71 bits per heavy atom. The molecule has 0 spiro atoms. The molecule has 1 aromatic heterocycles. The number of hydrogen-bond acceptors (Lipinski definition) is 4. The molecular weight excluding hydrogens is 354 g/mol. The average molecular weight is 377 g/mol. The van der Waals surface area contributed by atoms with Crippen LogP contribution in [0.15, 0.2) is 48.5 Å². The second-order valence-corrected chi connectivity index (χ2v) is 6.83. The fourth-order valence-corrected chi connectivity index (χ4v) is 2.90. The van der Waals surface area contributed by atoms with Gasteiger partial charge in [-0.3, -0.25) is 4.79 Å². The molecule has 6 heteroatoms. The molecule has 0 radical (unpaired) electrons. The molecule has 0 aliphatic rings. The number of amides is 1. The number of nitrogens with one attached hydrogen (secondary N) is 1. The lowest BCUT2D eigenvalue weighted by atomic mass is 10.1. The van der Waals surface area contributed by atoms with Crippen LogP contribution in [-0.4, -0.2) is 28.3 Å². The van der Waals surface area contributed by atoms with Gasteiger partial charge in [-0.05, 0) is 75.2 Å². The maximum Gasteiger partial charge on any atom is 0.338 e. The molecule has 0 atom stereocenters. The third-order valence-corrected chi connectivity index (χ3v) is 4.36. The van der Waals surface area contributed by atoms with Gasteiger partial charge in [0.15, 0.2) is 6.61 Å². The molecule has 0 fully saturated rings. The highest BCUT2D eigenvalue weighted by Crippen LogP contribution is 2.16. The van der Waals surface area contributed by atoms with Crippen molar-refractivity contribution in [3.05, 3.63) is 76.6 Å². The van der Waals surface area contributed by atoms with E-state index in [2.05, 4.69) is 10.4 Å². The Morgan fingerprint density at radius 1 is 1.00 bits per heavy atom. The van der Waals surface area contributed by atoms with Crippen LogP contribution in [-0.2, 0) is 9.53 Å². The van der Waals surface area contributed by atoms with Gasteiger partial charge in [-0.1, -0.05) is 12.1 Å². The van der Waals surface area contributed by atoms with Gasteiger partial charge >= 0.3 is 5.97 Å². The van der Waals surface area contributed by atoms with E-state index in [0.717, 1.165) is 33.9 Å². The summed E-state index contributed by atoms with van der Waals surface area (Å²) < 4.78 is 6.94. The van der Waals surface area contributed by atoms with E-state index >= 15 is 0 Å². The van der Waals surface area contributed by atoms with Crippen molar-refractivity contribution < 1.29 is 14.3 Å². The maximum atomic E-state index is 12.2. The number of esters is 1. The van der Waals surface area contributed by atoms with E-state index in [1.807, 2.05) is 56.6 Å². The molecular formula is C22H23N3O3. The van der Waals surface area contributed by atoms with Gasteiger partial charge in [0, 0.05) is 11.4 Å². The molecule has 0 bridgehead atoms. The molecule has 1 N–H and O–H groups in total. The minimum Gasteiger partial charge on any atom is -0.452 e. The van der Waals surface area contributed by atoms with Crippen molar-refractivity contribution in [2.75, 3.05) is 11.9 Å². The maximum absolute atomic E-state index is 12.2. The largest absolute Gasteiger partial charge is 0.452 e. The average Bonchev–Trinajstić information content (AvgIpc) is 3.01. The number of carbonyl (C=O) groups excluding carboxylic acids is 2. The number of benzene rings is 2. The van der Waals surface area contributed by atoms with Crippen LogP contribution in [0.25, 0.3) is 5.69 Å². The van der Waals surface area contributed by atoms with Crippen LogP contribution >= 0.6 is 0 Å². The normalized spacial score (nSPS) is 10.6. The lowest BCUT2D eigenvalue weighted by Crippen LogP contribution is -2.21. The van der Waals surface area contributed by atoms with Gasteiger partial charge in [0.1, 0.15) is 0 Å². The topological polar surface area (TPSA) is 73.2 Å². The van der Waals surface area contributed by atoms with E-state index in [9.17, 15) is 9.59 Å². The van der Waals surface area contributed by atoms with Gasteiger partial charge < -0.3 is 10.1 Å². The minimum absolute atomic E-state index is 0.342. The first-order valence-corrected chi connectivity index (χ1v) is 9.01. The zero-order valence-electron chi connectivity index (χ0n) is 16.4. The van der Waals surface area contributed by atoms with Crippen LogP contribution in [0.2, 0.25) is 0 Å². The van der Waals surface area contributed by atoms with Crippen LogP contribution in [0.3, 0.4) is 0 Å². The number of rotatable bonds is 5. The van der Waals surface area contributed by atoms with Crippen LogP contribution in [0, 0.1) is 27.7 Å². The predicted molar refractivity (Wildman–Crippen MR) is 108 cm³/mol. The first-order chi connectivity index (χ1) is 13.3. The van der Waals surface area contributed by atoms with Crippen molar-refractivity contribution in [2.24, 2.45) is 0 Å². The summed E-state index contributed by atoms with van der Waals surface area (Å²) in [7, 11) is 0. The van der Waals surface area contributed by atoms with Crippen molar-refractivity contribution in [3.63, 3.8) is 0 Å².